The standard InChI is InChI=1S/C16H16ClFN2O3S/c1-11-10-13(18)4-7-15(11)20-16(21)8-9-19-24(22,23)14-5-2-12(17)3-6-14/h2-7,10,19H,8-9H2,1H3,(H,20,21). The highest BCUT2D eigenvalue weighted by molar-refractivity contribution is 7.89. The summed E-state index contributed by atoms with van der Waals surface area (Å²) in [5.74, 6) is -0.760. The van der Waals surface area contributed by atoms with Crippen LogP contribution in [0.5, 0.6) is 0 Å². The zero-order valence-electron chi connectivity index (χ0n) is 12.8. The van der Waals surface area contributed by atoms with Crippen molar-refractivity contribution in [1.29, 1.82) is 0 Å². The van der Waals surface area contributed by atoms with Gasteiger partial charge in [0.25, 0.3) is 0 Å². The smallest absolute Gasteiger partial charge is 0.240 e. The number of sulfonamides is 1. The highest BCUT2D eigenvalue weighted by Crippen LogP contribution is 2.16. The Bertz CT molecular complexity index is 839. The van der Waals surface area contributed by atoms with Crippen molar-refractivity contribution in [2.24, 2.45) is 0 Å². The number of rotatable bonds is 6. The number of carbonyl (C=O) groups is 1. The van der Waals surface area contributed by atoms with Crippen molar-refractivity contribution in [3.63, 3.8) is 0 Å². The second-order valence-electron chi connectivity index (χ2n) is 5.11. The molecule has 0 aliphatic carbocycles. The van der Waals surface area contributed by atoms with Crippen molar-refractivity contribution in [1.82, 2.24) is 4.72 Å². The van der Waals surface area contributed by atoms with Crippen molar-refractivity contribution >= 4 is 33.2 Å². The Labute approximate surface area is 144 Å². The quantitative estimate of drug-likeness (QED) is 0.820. The Hall–Kier alpha value is -1.96. The van der Waals surface area contributed by atoms with Gasteiger partial charge in [0.1, 0.15) is 5.82 Å². The molecule has 0 unspecified atom stereocenters. The van der Waals surface area contributed by atoms with E-state index >= 15 is 0 Å². The summed E-state index contributed by atoms with van der Waals surface area (Å²) in [6, 6.07) is 9.71. The number of amides is 1. The van der Waals surface area contributed by atoms with Crippen molar-refractivity contribution in [2.75, 3.05) is 11.9 Å². The highest BCUT2D eigenvalue weighted by atomic mass is 35.5. The third-order valence-electron chi connectivity index (χ3n) is 3.23. The van der Waals surface area contributed by atoms with E-state index in [4.69, 9.17) is 11.6 Å². The number of hydrogen-bond donors (Lipinski definition) is 2. The summed E-state index contributed by atoms with van der Waals surface area (Å²) in [6.45, 7) is 1.61. The predicted molar refractivity (Wildman–Crippen MR) is 91.0 cm³/mol. The molecule has 0 aliphatic heterocycles. The van der Waals surface area contributed by atoms with Crippen LogP contribution in [0.4, 0.5) is 10.1 Å². The average molecular weight is 371 g/mol. The zero-order chi connectivity index (χ0) is 17.7. The van der Waals surface area contributed by atoms with E-state index in [1.807, 2.05) is 0 Å². The van der Waals surface area contributed by atoms with Crippen LogP contribution in [0.3, 0.4) is 0 Å². The minimum atomic E-state index is -3.70. The fourth-order valence-electron chi connectivity index (χ4n) is 1.98. The van der Waals surface area contributed by atoms with E-state index < -0.39 is 10.0 Å². The Morgan fingerprint density at radius 1 is 1.17 bits per heavy atom. The maximum atomic E-state index is 13.0. The molecule has 24 heavy (non-hydrogen) atoms. The van der Waals surface area contributed by atoms with Gasteiger partial charge in [-0.05, 0) is 55.0 Å². The first kappa shape index (κ1) is 18.4. The number of benzene rings is 2. The van der Waals surface area contributed by atoms with E-state index in [-0.39, 0.29) is 29.6 Å². The van der Waals surface area contributed by atoms with Gasteiger partial charge in [0.2, 0.25) is 15.9 Å². The Morgan fingerprint density at radius 2 is 1.83 bits per heavy atom. The van der Waals surface area contributed by atoms with Gasteiger partial charge in [-0.25, -0.2) is 17.5 Å². The van der Waals surface area contributed by atoms with E-state index in [9.17, 15) is 17.6 Å². The van der Waals surface area contributed by atoms with Gasteiger partial charge in [-0.15, -0.1) is 0 Å². The average Bonchev–Trinajstić information content (AvgIpc) is 2.50. The lowest BCUT2D eigenvalue weighted by molar-refractivity contribution is -0.116. The minimum Gasteiger partial charge on any atom is -0.326 e. The van der Waals surface area contributed by atoms with Crippen LogP contribution in [0.1, 0.15) is 12.0 Å². The molecule has 8 heteroatoms. The molecule has 2 rings (SSSR count). The second kappa shape index (κ2) is 7.74. The summed E-state index contributed by atoms with van der Waals surface area (Å²) in [7, 11) is -3.70. The third-order valence-corrected chi connectivity index (χ3v) is 4.96. The molecule has 5 nitrogen and oxygen atoms in total. The summed E-state index contributed by atoms with van der Waals surface area (Å²) in [5.41, 5.74) is 1.08. The molecule has 2 aromatic rings. The van der Waals surface area contributed by atoms with Crippen LogP contribution in [0.15, 0.2) is 47.4 Å². The number of aryl methyl sites for hydroxylation is 1. The first-order valence-electron chi connectivity index (χ1n) is 7.09. The largest absolute Gasteiger partial charge is 0.326 e. The van der Waals surface area contributed by atoms with Crippen LogP contribution < -0.4 is 10.0 Å². The zero-order valence-corrected chi connectivity index (χ0v) is 14.4. The summed E-state index contributed by atoms with van der Waals surface area (Å²) < 4.78 is 39.4. The molecule has 0 saturated carbocycles. The van der Waals surface area contributed by atoms with Gasteiger partial charge in [0.15, 0.2) is 0 Å². The SMILES string of the molecule is Cc1cc(F)ccc1NC(=O)CCNS(=O)(=O)c1ccc(Cl)cc1. The van der Waals surface area contributed by atoms with Crippen LogP contribution in [-0.2, 0) is 14.8 Å². The number of hydrogen-bond acceptors (Lipinski definition) is 3. The van der Waals surface area contributed by atoms with Crippen LogP contribution in [-0.4, -0.2) is 20.9 Å². The number of carbonyl (C=O) groups excluding carboxylic acids is 1. The molecule has 0 aliphatic rings. The molecule has 0 atom stereocenters. The van der Waals surface area contributed by atoms with Gasteiger partial charge < -0.3 is 5.32 Å². The number of nitrogens with one attached hydrogen (secondary N) is 2. The van der Waals surface area contributed by atoms with Gasteiger partial charge in [0, 0.05) is 23.7 Å². The predicted octanol–water partition coefficient (Wildman–Crippen LogP) is 3.09. The first-order valence-corrected chi connectivity index (χ1v) is 8.95. The van der Waals surface area contributed by atoms with Crippen LogP contribution in [0.25, 0.3) is 0 Å². The second-order valence-corrected chi connectivity index (χ2v) is 7.31. The Morgan fingerprint density at radius 3 is 2.46 bits per heavy atom. The molecule has 0 spiro atoms. The molecular weight excluding hydrogens is 355 g/mol. The molecule has 0 fully saturated rings. The molecule has 2 aromatic carbocycles. The van der Waals surface area contributed by atoms with Crippen LogP contribution >= 0.6 is 11.6 Å². The molecule has 0 radical (unpaired) electrons. The van der Waals surface area contributed by atoms with E-state index in [1.165, 1.54) is 42.5 Å². The van der Waals surface area contributed by atoms with Crippen LogP contribution in [0.2, 0.25) is 5.02 Å². The van der Waals surface area contributed by atoms with E-state index in [0.29, 0.717) is 16.3 Å². The minimum absolute atomic E-state index is 0.0519. The van der Waals surface area contributed by atoms with E-state index in [1.54, 1.807) is 6.92 Å². The first-order chi connectivity index (χ1) is 11.3. The van der Waals surface area contributed by atoms with E-state index in [0.717, 1.165) is 0 Å². The van der Waals surface area contributed by atoms with Gasteiger partial charge in [-0.1, -0.05) is 11.6 Å². The molecule has 128 valence electrons. The molecular formula is C16H16ClFN2O3S. The lowest BCUT2D eigenvalue weighted by Crippen LogP contribution is -2.27. The maximum absolute atomic E-state index is 13.0. The molecule has 0 bridgehead atoms. The van der Waals surface area contributed by atoms with E-state index in [2.05, 4.69) is 10.0 Å². The lowest BCUT2D eigenvalue weighted by atomic mass is 10.2. The third kappa shape index (κ3) is 5.02. The Balaban J connectivity index is 1.89. The maximum Gasteiger partial charge on any atom is 0.240 e. The summed E-state index contributed by atoms with van der Waals surface area (Å²) in [4.78, 5) is 11.9. The summed E-state index contributed by atoms with van der Waals surface area (Å²) in [5, 5.41) is 3.05. The lowest BCUT2D eigenvalue weighted by Gasteiger charge is -2.09. The van der Waals surface area contributed by atoms with Gasteiger partial charge in [-0.3, -0.25) is 4.79 Å². The van der Waals surface area contributed by atoms with Crippen molar-refractivity contribution < 1.29 is 17.6 Å². The van der Waals surface area contributed by atoms with Crippen molar-refractivity contribution in [2.45, 2.75) is 18.2 Å². The molecule has 1 amide bonds. The molecule has 2 N–H and O–H groups in total. The fraction of sp³-hybridized carbons (Fsp3) is 0.188. The monoisotopic (exact) mass is 370 g/mol. The highest BCUT2D eigenvalue weighted by Gasteiger charge is 2.14. The van der Waals surface area contributed by atoms with Crippen LogP contribution in [0, 0.1) is 12.7 Å². The number of anilines is 1. The molecule has 0 saturated heterocycles. The van der Waals surface area contributed by atoms with Crippen molar-refractivity contribution in [3.8, 4) is 0 Å². The van der Waals surface area contributed by atoms with Gasteiger partial charge in [-0.2, -0.15) is 0 Å². The van der Waals surface area contributed by atoms with Gasteiger partial charge in [0.05, 0.1) is 4.90 Å². The van der Waals surface area contributed by atoms with Gasteiger partial charge >= 0.3 is 0 Å². The number of halogens is 2. The normalized spacial score (nSPS) is 11.3. The Kier molecular flexibility index (Phi) is 5.93. The van der Waals surface area contributed by atoms with Crippen molar-refractivity contribution in [3.05, 3.63) is 58.9 Å². The summed E-state index contributed by atoms with van der Waals surface area (Å²) in [6.07, 6.45) is -0.0519. The fourth-order valence-corrected chi connectivity index (χ4v) is 3.13. The molecule has 0 aromatic heterocycles. The molecule has 0 heterocycles. The summed E-state index contributed by atoms with van der Waals surface area (Å²) >= 11 is 5.72. The topological polar surface area (TPSA) is 75.3 Å².